The van der Waals surface area contributed by atoms with Gasteiger partial charge in [0, 0.05) is 19.0 Å². The van der Waals surface area contributed by atoms with Crippen LogP contribution in [0, 0.1) is 5.92 Å². The van der Waals surface area contributed by atoms with Crippen molar-refractivity contribution in [3.8, 4) is 0 Å². The molecule has 1 rings (SSSR count). The van der Waals surface area contributed by atoms with Crippen LogP contribution >= 0.6 is 11.6 Å². The number of rotatable bonds is 4. The van der Waals surface area contributed by atoms with E-state index in [1.165, 1.54) is 38.6 Å². The molecule has 1 aliphatic rings. The summed E-state index contributed by atoms with van der Waals surface area (Å²) in [6.45, 7) is 2.30. The predicted molar refractivity (Wildman–Crippen MR) is 54.8 cm³/mol. The topological polar surface area (TPSA) is 3.24 Å². The van der Waals surface area contributed by atoms with Gasteiger partial charge in [0.15, 0.2) is 0 Å². The highest BCUT2D eigenvalue weighted by molar-refractivity contribution is 6.18. The summed E-state index contributed by atoms with van der Waals surface area (Å²) in [6.07, 6.45) is 7.22. The first kappa shape index (κ1) is 10.3. The summed E-state index contributed by atoms with van der Waals surface area (Å²) in [4.78, 5) is 2.36. The quantitative estimate of drug-likeness (QED) is 0.615. The Balaban J connectivity index is 2.11. The maximum Gasteiger partial charge on any atom is 0.0351 e. The first-order valence-corrected chi connectivity index (χ1v) is 5.61. The Labute approximate surface area is 81.1 Å². The van der Waals surface area contributed by atoms with E-state index in [0.717, 1.165) is 18.3 Å². The molecule has 0 amide bonds. The van der Waals surface area contributed by atoms with Crippen molar-refractivity contribution in [1.82, 2.24) is 4.90 Å². The molecule has 0 radical (unpaired) electrons. The summed E-state index contributed by atoms with van der Waals surface area (Å²) >= 11 is 5.67. The van der Waals surface area contributed by atoms with Crippen LogP contribution in [0.5, 0.6) is 0 Å². The lowest BCUT2D eigenvalue weighted by atomic mass is 9.89. The van der Waals surface area contributed by atoms with Crippen LogP contribution in [0.1, 0.15) is 32.1 Å². The minimum atomic E-state index is 0.767. The Kier molecular flexibility index (Phi) is 5.01. The van der Waals surface area contributed by atoms with E-state index in [-0.39, 0.29) is 0 Å². The Morgan fingerprint density at radius 1 is 1.25 bits per heavy atom. The summed E-state index contributed by atoms with van der Waals surface area (Å²) in [6, 6.07) is 0. The van der Waals surface area contributed by atoms with Crippen molar-refractivity contribution in [2.45, 2.75) is 32.1 Å². The van der Waals surface area contributed by atoms with Crippen molar-refractivity contribution in [3.63, 3.8) is 0 Å². The molecule has 12 heavy (non-hydrogen) atoms. The second-order valence-corrected chi connectivity index (χ2v) is 4.33. The SMILES string of the molecule is CN(CCCl)CC1CCCCC1. The first-order valence-electron chi connectivity index (χ1n) is 5.07. The van der Waals surface area contributed by atoms with Gasteiger partial charge < -0.3 is 4.90 Å². The molecule has 0 aromatic carbocycles. The highest BCUT2D eigenvalue weighted by atomic mass is 35.5. The average molecular weight is 190 g/mol. The average Bonchev–Trinajstić information content (AvgIpc) is 2.06. The molecule has 0 aromatic rings. The Bertz CT molecular complexity index is 110. The highest BCUT2D eigenvalue weighted by Gasteiger charge is 2.14. The van der Waals surface area contributed by atoms with Crippen LogP contribution in [-0.4, -0.2) is 30.9 Å². The van der Waals surface area contributed by atoms with Crippen LogP contribution in [-0.2, 0) is 0 Å². The zero-order valence-corrected chi connectivity index (χ0v) is 8.82. The molecule has 0 heterocycles. The van der Waals surface area contributed by atoms with E-state index in [9.17, 15) is 0 Å². The number of halogens is 1. The summed E-state index contributed by atoms with van der Waals surface area (Å²) in [5, 5.41) is 0. The molecule has 0 spiro atoms. The molecule has 1 saturated carbocycles. The largest absolute Gasteiger partial charge is 0.305 e. The number of hydrogen-bond acceptors (Lipinski definition) is 1. The van der Waals surface area contributed by atoms with Crippen LogP contribution in [0.3, 0.4) is 0 Å². The van der Waals surface area contributed by atoms with Crippen LogP contribution in [0.4, 0.5) is 0 Å². The Hall–Kier alpha value is 0.250. The zero-order chi connectivity index (χ0) is 8.81. The lowest BCUT2D eigenvalue weighted by Gasteiger charge is -2.26. The highest BCUT2D eigenvalue weighted by Crippen LogP contribution is 2.23. The second kappa shape index (κ2) is 5.82. The maximum atomic E-state index is 5.67. The predicted octanol–water partition coefficient (Wildman–Crippen LogP) is 2.74. The van der Waals surface area contributed by atoms with Crippen molar-refractivity contribution in [3.05, 3.63) is 0 Å². The second-order valence-electron chi connectivity index (χ2n) is 3.96. The van der Waals surface area contributed by atoms with Gasteiger partial charge in [-0.3, -0.25) is 0 Å². The third-order valence-corrected chi connectivity index (χ3v) is 2.93. The Morgan fingerprint density at radius 3 is 2.50 bits per heavy atom. The van der Waals surface area contributed by atoms with Gasteiger partial charge in [0.25, 0.3) is 0 Å². The summed E-state index contributed by atoms with van der Waals surface area (Å²) < 4.78 is 0. The standard InChI is InChI=1S/C10H20ClN/c1-12(8-7-11)9-10-5-3-2-4-6-10/h10H,2-9H2,1H3. The summed E-state index contributed by atoms with van der Waals surface area (Å²) in [5.41, 5.74) is 0. The normalized spacial score (nSPS) is 20.2. The molecule has 0 unspecified atom stereocenters. The molecular formula is C10H20ClN. The fourth-order valence-electron chi connectivity index (χ4n) is 2.05. The van der Waals surface area contributed by atoms with Gasteiger partial charge in [-0.1, -0.05) is 19.3 Å². The number of alkyl halides is 1. The van der Waals surface area contributed by atoms with Crippen molar-refractivity contribution < 1.29 is 0 Å². The first-order chi connectivity index (χ1) is 5.83. The lowest BCUT2D eigenvalue weighted by Crippen LogP contribution is -2.28. The van der Waals surface area contributed by atoms with E-state index in [2.05, 4.69) is 11.9 Å². The molecule has 1 nitrogen and oxygen atoms in total. The molecule has 2 heteroatoms. The van der Waals surface area contributed by atoms with Gasteiger partial charge >= 0.3 is 0 Å². The van der Waals surface area contributed by atoms with Crippen molar-refractivity contribution in [1.29, 1.82) is 0 Å². The van der Waals surface area contributed by atoms with Crippen molar-refractivity contribution >= 4 is 11.6 Å². The van der Waals surface area contributed by atoms with Gasteiger partial charge in [-0.25, -0.2) is 0 Å². The van der Waals surface area contributed by atoms with Crippen LogP contribution in [0.15, 0.2) is 0 Å². The maximum absolute atomic E-state index is 5.67. The van der Waals surface area contributed by atoms with Gasteiger partial charge in [-0.2, -0.15) is 0 Å². The molecule has 0 N–H and O–H groups in total. The van der Waals surface area contributed by atoms with Crippen LogP contribution in [0.2, 0.25) is 0 Å². The van der Waals surface area contributed by atoms with E-state index in [1.807, 2.05) is 0 Å². The van der Waals surface area contributed by atoms with Gasteiger partial charge in [0.1, 0.15) is 0 Å². The van der Waals surface area contributed by atoms with E-state index in [1.54, 1.807) is 0 Å². The summed E-state index contributed by atoms with van der Waals surface area (Å²) in [5.74, 6) is 1.72. The third kappa shape index (κ3) is 3.77. The van der Waals surface area contributed by atoms with Crippen molar-refractivity contribution in [2.24, 2.45) is 5.92 Å². The number of nitrogens with zero attached hydrogens (tertiary/aromatic N) is 1. The van der Waals surface area contributed by atoms with Crippen molar-refractivity contribution in [2.75, 3.05) is 26.0 Å². The van der Waals surface area contributed by atoms with Crippen LogP contribution in [0.25, 0.3) is 0 Å². The van der Waals surface area contributed by atoms with Crippen LogP contribution < -0.4 is 0 Å². The van der Waals surface area contributed by atoms with E-state index >= 15 is 0 Å². The van der Waals surface area contributed by atoms with Gasteiger partial charge in [-0.05, 0) is 25.8 Å². The minimum absolute atomic E-state index is 0.767. The molecule has 0 aliphatic heterocycles. The monoisotopic (exact) mass is 189 g/mol. The van der Waals surface area contributed by atoms with Gasteiger partial charge in [0.2, 0.25) is 0 Å². The van der Waals surface area contributed by atoms with E-state index in [4.69, 9.17) is 11.6 Å². The lowest BCUT2D eigenvalue weighted by molar-refractivity contribution is 0.242. The number of hydrogen-bond donors (Lipinski definition) is 0. The molecule has 0 atom stereocenters. The fraction of sp³-hybridized carbons (Fsp3) is 1.00. The minimum Gasteiger partial charge on any atom is -0.305 e. The zero-order valence-electron chi connectivity index (χ0n) is 8.06. The van der Waals surface area contributed by atoms with Gasteiger partial charge in [0.05, 0.1) is 0 Å². The molecule has 0 saturated heterocycles. The smallest absolute Gasteiger partial charge is 0.0351 e. The molecule has 0 bridgehead atoms. The van der Waals surface area contributed by atoms with E-state index < -0.39 is 0 Å². The van der Waals surface area contributed by atoms with E-state index in [0.29, 0.717) is 0 Å². The fourth-order valence-corrected chi connectivity index (χ4v) is 2.33. The Morgan fingerprint density at radius 2 is 1.92 bits per heavy atom. The molecule has 0 aromatic heterocycles. The third-order valence-electron chi connectivity index (χ3n) is 2.76. The summed E-state index contributed by atoms with van der Waals surface area (Å²) in [7, 11) is 2.18. The molecule has 72 valence electrons. The molecule has 1 fully saturated rings. The van der Waals surface area contributed by atoms with Gasteiger partial charge in [-0.15, -0.1) is 11.6 Å². The molecule has 1 aliphatic carbocycles. The molecular weight excluding hydrogens is 170 g/mol.